The highest BCUT2D eigenvalue weighted by atomic mass is 16.5. The van der Waals surface area contributed by atoms with Crippen molar-refractivity contribution in [3.63, 3.8) is 0 Å². The van der Waals surface area contributed by atoms with Gasteiger partial charge in [-0.05, 0) is 18.6 Å². The molecule has 1 aromatic carbocycles. The van der Waals surface area contributed by atoms with E-state index in [9.17, 15) is 0 Å². The Labute approximate surface area is 91.6 Å². The first kappa shape index (κ1) is 11.7. The fraction of sp³-hybridized carbons (Fsp3) is 0.500. The Morgan fingerprint density at radius 2 is 2.07 bits per heavy atom. The zero-order chi connectivity index (χ0) is 11.4. The number of rotatable bonds is 1. The Bertz CT molecular complexity index is 337. The van der Waals surface area contributed by atoms with Gasteiger partial charge in [0, 0.05) is 6.42 Å². The number of benzene rings is 1. The van der Waals surface area contributed by atoms with E-state index in [2.05, 4.69) is 12.2 Å². The van der Waals surface area contributed by atoms with E-state index in [1.54, 1.807) is 0 Å². The molecular weight excluding hydrogens is 188 g/mol. The van der Waals surface area contributed by atoms with Gasteiger partial charge in [0.15, 0.2) is 6.23 Å². The summed E-state index contributed by atoms with van der Waals surface area (Å²) in [4.78, 5) is 0. The van der Waals surface area contributed by atoms with E-state index in [1.165, 1.54) is 0 Å². The molecule has 1 aliphatic heterocycles. The summed E-state index contributed by atoms with van der Waals surface area (Å²) in [6.07, 6.45) is 1.02. The lowest BCUT2D eigenvalue weighted by atomic mass is 10.1. The first-order chi connectivity index (χ1) is 7.22. The summed E-state index contributed by atoms with van der Waals surface area (Å²) in [5.74, 6) is 0.870. The van der Waals surface area contributed by atoms with Crippen LogP contribution in [0.2, 0.25) is 0 Å². The number of fused-ring (bicyclic) bond motifs is 1. The number of nitrogens with two attached hydrogens (primary N) is 1. The van der Waals surface area contributed by atoms with Crippen LogP contribution in [0.5, 0.6) is 5.75 Å². The molecule has 0 fully saturated rings. The third kappa shape index (κ3) is 2.17. The molecule has 1 atom stereocenters. The fourth-order valence-electron chi connectivity index (χ4n) is 1.48. The molecule has 3 nitrogen and oxygen atoms in total. The summed E-state index contributed by atoms with van der Waals surface area (Å²) >= 11 is 0. The van der Waals surface area contributed by atoms with Crippen LogP contribution in [0.15, 0.2) is 12.1 Å². The Kier molecular flexibility index (Phi) is 3.83. The van der Waals surface area contributed by atoms with E-state index in [-0.39, 0.29) is 6.23 Å². The normalized spacial score (nSPS) is 16.9. The van der Waals surface area contributed by atoms with Crippen LogP contribution in [0.1, 0.15) is 32.8 Å². The smallest absolute Gasteiger partial charge is 0.169 e. The zero-order valence-corrected chi connectivity index (χ0v) is 9.92. The molecule has 2 rings (SSSR count). The second kappa shape index (κ2) is 4.91. The number of nitrogens with one attached hydrogen (secondary N) is 1. The minimum atomic E-state index is 0.0825. The van der Waals surface area contributed by atoms with E-state index in [0.29, 0.717) is 0 Å². The molecule has 0 bridgehead atoms. The topological polar surface area (TPSA) is 47.3 Å². The van der Waals surface area contributed by atoms with Gasteiger partial charge in [-0.1, -0.05) is 26.8 Å². The van der Waals surface area contributed by atoms with Gasteiger partial charge in [-0.25, -0.2) is 0 Å². The van der Waals surface area contributed by atoms with Gasteiger partial charge in [-0.15, -0.1) is 0 Å². The summed E-state index contributed by atoms with van der Waals surface area (Å²) in [6.45, 7) is 8.07. The number of aryl methyl sites for hydroxylation is 1. The van der Waals surface area contributed by atoms with Gasteiger partial charge < -0.3 is 15.8 Å². The van der Waals surface area contributed by atoms with Crippen LogP contribution in [-0.2, 0) is 0 Å². The minimum absolute atomic E-state index is 0.0825. The molecule has 0 saturated carbocycles. The van der Waals surface area contributed by atoms with E-state index in [1.807, 2.05) is 32.9 Å². The molecule has 0 saturated heterocycles. The molecule has 3 N–H and O–H groups in total. The van der Waals surface area contributed by atoms with Crippen LogP contribution in [0.25, 0.3) is 0 Å². The van der Waals surface area contributed by atoms with Crippen molar-refractivity contribution in [1.29, 1.82) is 0 Å². The van der Waals surface area contributed by atoms with E-state index in [4.69, 9.17) is 10.5 Å². The van der Waals surface area contributed by atoms with Crippen molar-refractivity contribution in [3.05, 3.63) is 17.7 Å². The fourth-order valence-corrected chi connectivity index (χ4v) is 1.48. The molecule has 84 valence electrons. The summed E-state index contributed by atoms with van der Waals surface area (Å²) in [5, 5.41) is 3.25. The van der Waals surface area contributed by atoms with Crippen molar-refractivity contribution >= 4 is 11.4 Å². The Morgan fingerprint density at radius 1 is 1.40 bits per heavy atom. The Hall–Kier alpha value is -1.38. The molecule has 15 heavy (non-hydrogen) atoms. The quantitative estimate of drug-likeness (QED) is 0.697. The maximum Gasteiger partial charge on any atom is 0.169 e. The molecule has 1 aromatic rings. The molecule has 1 heterocycles. The SMILES string of the molecule is CC.CCC1Nc2c(ccc(C)c2N)O1. The van der Waals surface area contributed by atoms with Crippen molar-refractivity contribution in [2.24, 2.45) is 0 Å². The van der Waals surface area contributed by atoms with Crippen LogP contribution < -0.4 is 15.8 Å². The number of ether oxygens (including phenoxy) is 1. The largest absolute Gasteiger partial charge is 0.469 e. The van der Waals surface area contributed by atoms with Crippen molar-refractivity contribution < 1.29 is 4.74 Å². The van der Waals surface area contributed by atoms with Crippen molar-refractivity contribution in [1.82, 2.24) is 0 Å². The highest BCUT2D eigenvalue weighted by molar-refractivity contribution is 5.78. The molecule has 0 amide bonds. The molecular formula is C12H20N2O. The van der Waals surface area contributed by atoms with Gasteiger partial charge in [-0.3, -0.25) is 0 Å². The average molecular weight is 208 g/mol. The molecule has 3 heteroatoms. The van der Waals surface area contributed by atoms with Gasteiger partial charge >= 0.3 is 0 Å². The van der Waals surface area contributed by atoms with Crippen LogP contribution >= 0.6 is 0 Å². The average Bonchev–Trinajstić information content (AvgIpc) is 2.70. The van der Waals surface area contributed by atoms with E-state index < -0.39 is 0 Å². The van der Waals surface area contributed by atoms with Gasteiger partial charge in [0.05, 0.1) is 5.69 Å². The molecule has 0 spiro atoms. The first-order valence-electron chi connectivity index (χ1n) is 5.54. The monoisotopic (exact) mass is 208 g/mol. The van der Waals surface area contributed by atoms with Crippen LogP contribution in [-0.4, -0.2) is 6.23 Å². The predicted molar refractivity (Wildman–Crippen MR) is 65.3 cm³/mol. The first-order valence-corrected chi connectivity index (χ1v) is 5.54. The number of nitrogen functional groups attached to an aromatic ring is 1. The summed E-state index contributed by atoms with van der Waals surface area (Å²) in [7, 11) is 0. The number of hydrogen-bond acceptors (Lipinski definition) is 3. The zero-order valence-electron chi connectivity index (χ0n) is 9.92. The minimum Gasteiger partial charge on any atom is -0.469 e. The number of hydrogen-bond donors (Lipinski definition) is 2. The second-order valence-electron chi connectivity index (χ2n) is 3.33. The molecule has 0 aromatic heterocycles. The van der Waals surface area contributed by atoms with Crippen LogP contribution in [0.3, 0.4) is 0 Å². The van der Waals surface area contributed by atoms with Crippen molar-refractivity contribution in [2.45, 2.75) is 40.3 Å². The lowest BCUT2D eigenvalue weighted by Gasteiger charge is -2.06. The lowest BCUT2D eigenvalue weighted by Crippen LogP contribution is -2.18. The Balaban J connectivity index is 0.000000531. The second-order valence-corrected chi connectivity index (χ2v) is 3.33. The number of anilines is 2. The Morgan fingerprint density at radius 3 is 2.67 bits per heavy atom. The summed E-state index contributed by atoms with van der Waals surface area (Å²) < 4.78 is 5.60. The summed E-state index contributed by atoms with van der Waals surface area (Å²) in [5.41, 5.74) is 8.75. The third-order valence-corrected chi connectivity index (χ3v) is 2.37. The van der Waals surface area contributed by atoms with Crippen molar-refractivity contribution in [3.8, 4) is 5.75 Å². The van der Waals surface area contributed by atoms with Gasteiger partial charge in [0.2, 0.25) is 0 Å². The lowest BCUT2D eigenvalue weighted by molar-refractivity contribution is 0.249. The molecule has 1 aliphatic rings. The highest BCUT2D eigenvalue weighted by Gasteiger charge is 2.22. The highest BCUT2D eigenvalue weighted by Crippen LogP contribution is 2.38. The predicted octanol–water partition coefficient (Wildman–Crippen LogP) is 3.14. The van der Waals surface area contributed by atoms with Gasteiger partial charge in [0.1, 0.15) is 11.4 Å². The maximum atomic E-state index is 5.91. The van der Waals surface area contributed by atoms with Crippen LogP contribution in [0, 0.1) is 6.92 Å². The van der Waals surface area contributed by atoms with E-state index in [0.717, 1.165) is 29.1 Å². The van der Waals surface area contributed by atoms with Crippen molar-refractivity contribution in [2.75, 3.05) is 11.1 Å². The van der Waals surface area contributed by atoms with Crippen LogP contribution in [0.4, 0.5) is 11.4 Å². The standard InChI is InChI=1S/C10H14N2O.C2H6/c1-3-8-12-10-7(13-8)5-4-6(2)9(10)11;1-2/h4-5,8,12H,3,11H2,1-2H3;1-2H3. The molecule has 1 unspecified atom stereocenters. The van der Waals surface area contributed by atoms with E-state index >= 15 is 0 Å². The third-order valence-electron chi connectivity index (χ3n) is 2.37. The van der Waals surface area contributed by atoms with Gasteiger partial charge in [-0.2, -0.15) is 0 Å². The molecule has 0 radical (unpaired) electrons. The van der Waals surface area contributed by atoms with Gasteiger partial charge in [0.25, 0.3) is 0 Å². The molecule has 0 aliphatic carbocycles. The summed E-state index contributed by atoms with van der Waals surface area (Å²) in [6, 6.07) is 3.94. The maximum absolute atomic E-state index is 5.91.